The molecule has 0 radical (unpaired) electrons. The van der Waals surface area contributed by atoms with Crippen LogP contribution in [0, 0.1) is 12.8 Å². The molecule has 5 heteroatoms. The highest BCUT2D eigenvalue weighted by Crippen LogP contribution is 2.50. The molecule has 1 fully saturated rings. The normalized spacial score (nSPS) is 24.0. The van der Waals surface area contributed by atoms with Gasteiger partial charge in [0.25, 0.3) is 0 Å². The summed E-state index contributed by atoms with van der Waals surface area (Å²) < 4.78 is 6.13. The first kappa shape index (κ1) is 19.0. The van der Waals surface area contributed by atoms with Gasteiger partial charge in [0.15, 0.2) is 0 Å². The Balaban J connectivity index is 1.57. The number of amides is 1. The molecule has 0 saturated carbocycles. The van der Waals surface area contributed by atoms with E-state index in [0.717, 1.165) is 29.8 Å². The average Bonchev–Trinajstić information content (AvgIpc) is 3.16. The van der Waals surface area contributed by atoms with Crippen LogP contribution in [0.25, 0.3) is 0 Å². The summed E-state index contributed by atoms with van der Waals surface area (Å²) >= 11 is 0. The fraction of sp³-hybridized carbons (Fsp3) is 0.435. The Morgan fingerprint density at radius 2 is 2.18 bits per heavy atom. The van der Waals surface area contributed by atoms with Crippen LogP contribution in [-0.4, -0.2) is 30.3 Å². The van der Waals surface area contributed by atoms with Crippen molar-refractivity contribution in [3.63, 3.8) is 0 Å². The molecule has 3 N–H and O–H groups in total. The number of carbonyl (C=O) groups excluding carboxylic acids is 1. The number of aliphatic hydroxyl groups excluding tert-OH is 1. The van der Waals surface area contributed by atoms with Gasteiger partial charge in [-0.2, -0.15) is 0 Å². The second kappa shape index (κ2) is 7.94. The van der Waals surface area contributed by atoms with Crippen molar-refractivity contribution in [1.82, 2.24) is 5.32 Å². The molecule has 0 bridgehead atoms. The van der Waals surface area contributed by atoms with Crippen LogP contribution in [0.1, 0.15) is 47.7 Å². The van der Waals surface area contributed by atoms with E-state index in [1.54, 1.807) is 6.92 Å². The molecule has 1 saturated heterocycles. The first-order chi connectivity index (χ1) is 13.5. The number of fused-ring (bicyclic) bond motifs is 3. The van der Waals surface area contributed by atoms with Gasteiger partial charge in [-0.3, -0.25) is 4.79 Å². The number of aryl methyl sites for hydroxylation is 1. The van der Waals surface area contributed by atoms with E-state index in [2.05, 4.69) is 54.0 Å². The zero-order chi connectivity index (χ0) is 19.7. The predicted octanol–water partition coefficient (Wildman–Crippen LogP) is 3.28. The Kier molecular flexibility index (Phi) is 5.38. The van der Waals surface area contributed by atoms with Gasteiger partial charge in [0.2, 0.25) is 5.91 Å². The number of rotatable bonds is 5. The Labute approximate surface area is 166 Å². The van der Waals surface area contributed by atoms with Gasteiger partial charge in [0.05, 0.1) is 24.7 Å². The number of aliphatic hydroxyl groups is 1. The minimum absolute atomic E-state index is 0.0576. The number of ether oxygens (including phenoxy) is 1. The summed E-state index contributed by atoms with van der Waals surface area (Å²) in [6, 6.07) is 15.1. The second-order valence-corrected chi connectivity index (χ2v) is 8.03. The number of hydrogen-bond acceptors (Lipinski definition) is 4. The van der Waals surface area contributed by atoms with Crippen LogP contribution in [0.5, 0.6) is 0 Å². The largest absolute Gasteiger partial charge is 0.392 e. The Bertz CT molecular complexity index is 865. The zero-order valence-corrected chi connectivity index (χ0v) is 16.4. The van der Waals surface area contributed by atoms with Crippen molar-refractivity contribution in [2.45, 2.75) is 44.9 Å². The van der Waals surface area contributed by atoms with E-state index in [1.165, 1.54) is 11.1 Å². The lowest BCUT2D eigenvalue weighted by Crippen LogP contribution is -2.32. The van der Waals surface area contributed by atoms with Gasteiger partial charge in [-0.15, -0.1) is 0 Å². The molecule has 4 atom stereocenters. The third-order valence-electron chi connectivity index (χ3n) is 5.66. The zero-order valence-electron chi connectivity index (χ0n) is 16.4. The van der Waals surface area contributed by atoms with E-state index in [0.29, 0.717) is 12.3 Å². The van der Waals surface area contributed by atoms with Gasteiger partial charge in [0, 0.05) is 30.3 Å². The Hall–Kier alpha value is -2.37. The number of hydrogen-bond donors (Lipinski definition) is 3. The molecule has 2 heterocycles. The van der Waals surface area contributed by atoms with Gasteiger partial charge in [0.1, 0.15) is 0 Å². The minimum Gasteiger partial charge on any atom is -0.392 e. The fourth-order valence-corrected chi connectivity index (χ4v) is 4.34. The number of benzene rings is 2. The molecular weight excluding hydrogens is 352 g/mol. The quantitative estimate of drug-likeness (QED) is 0.745. The summed E-state index contributed by atoms with van der Waals surface area (Å²) in [4.78, 5) is 12.1. The van der Waals surface area contributed by atoms with Gasteiger partial charge in [-0.1, -0.05) is 42.0 Å². The minimum atomic E-state index is -0.539. The lowest BCUT2D eigenvalue weighted by molar-refractivity contribution is -0.120. The lowest BCUT2D eigenvalue weighted by Gasteiger charge is -2.37. The first-order valence-electron chi connectivity index (χ1n) is 10.0. The van der Waals surface area contributed by atoms with Crippen LogP contribution in [0.2, 0.25) is 0 Å². The highest BCUT2D eigenvalue weighted by molar-refractivity contribution is 5.79. The molecule has 2 aliphatic heterocycles. The van der Waals surface area contributed by atoms with Crippen molar-refractivity contribution in [3.8, 4) is 0 Å². The third-order valence-corrected chi connectivity index (χ3v) is 5.66. The summed E-state index contributed by atoms with van der Waals surface area (Å²) in [6.45, 7) is 4.82. The molecule has 0 unspecified atom stereocenters. The molecular formula is C23H28N2O3. The average molecular weight is 380 g/mol. The van der Waals surface area contributed by atoms with Crippen LogP contribution >= 0.6 is 0 Å². The summed E-state index contributed by atoms with van der Waals surface area (Å²) in [5, 5.41) is 15.8. The SMILES string of the molecule is Cc1cccc([C@H]2Nc3ccc(CC(=O)NC[C@@H](C)O)cc3[C@@H]3OCC[C@H]23)c1. The molecule has 0 spiro atoms. The van der Waals surface area contributed by atoms with Crippen molar-refractivity contribution < 1.29 is 14.6 Å². The molecule has 28 heavy (non-hydrogen) atoms. The highest BCUT2D eigenvalue weighted by atomic mass is 16.5. The van der Waals surface area contributed by atoms with E-state index >= 15 is 0 Å². The van der Waals surface area contributed by atoms with Crippen LogP contribution in [-0.2, 0) is 16.0 Å². The van der Waals surface area contributed by atoms with Crippen molar-refractivity contribution in [1.29, 1.82) is 0 Å². The highest BCUT2D eigenvalue weighted by Gasteiger charge is 2.41. The van der Waals surface area contributed by atoms with Crippen LogP contribution in [0.15, 0.2) is 42.5 Å². The number of nitrogens with one attached hydrogen (secondary N) is 2. The second-order valence-electron chi connectivity index (χ2n) is 8.03. The fourth-order valence-electron chi connectivity index (χ4n) is 4.34. The summed E-state index contributed by atoms with van der Waals surface area (Å²) in [5.74, 6) is 0.305. The molecule has 2 aliphatic rings. The topological polar surface area (TPSA) is 70.6 Å². The maximum absolute atomic E-state index is 12.1. The van der Waals surface area contributed by atoms with Gasteiger partial charge < -0.3 is 20.5 Å². The van der Waals surface area contributed by atoms with E-state index in [-0.39, 0.29) is 24.6 Å². The maximum atomic E-state index is 12.1. The first-order valence-corrected chi connectivity index (χ1v) is 10.0. The van der Waals surface area contributed by atoms with E-state index in [9.17, 15) is 9.90 Å². The van der Waals surface area contributed by atoms with Crippen LogP contribution in [0.3, 0.4) is 0 Å². The molecule has 5 nitrogen and oxygen atoms in total. The van der Waals surface area contributed by atoms with E-state index in [4.69, 9.17) is 4.74 Å². The van der Waals surface area contributed by atoms with Gasteiger partial charge in [-0.05, 0) is 37.5 Å². The van der Waals surface area contributed by atoms with Crippen molar-refractivity contribution in [3.05, 3.63) is 64.7 Å². The standard InChI is InChI=1S/C23H28N2O3/c1-14-4-3-5-17(10-14)22-18-8-9-28-23(18)19-11-16(6-7-20(19)25-22)12-21(27)24-13-15(2)26/h3-7,10-11,15,18,22-23,25-26H,8-9,12-13H2,1-2H3,(H,24,27)/t15-,18-,22-,23-/m1/s1. The molecule has 148 valence electrons. The summed E-state index contributed by atoms with van der Waals surface area (Å²) in [5.41, 5.74) is 5.76. The summed E-state index contributed by atoms with van der Waals surface area (Å²) in [6.07, 6.45) is 0.846. The molecule has 4 rings (SSSR count). The van der Waals surface area contributed by atoms with Crippen molar-refractivity contribution >= 4 is 11.6 Å². The Morgan fingerprint density at radius 3 is 2.96 bits per heavy atom. The lowest BCUT2D eigenvalue weighted by atomic mass is 9.80. The molecule has 2 aromatic carbocycles. The van der Waals surface area contributed by atoms with Crippen molar-refractivity contribution in [2.24, 2.45) is 5.92 Å². The van der Waals surface area contributed by atoms with E-state index < -0.39 is 6.10 Å². The monoisotopic (exact) mass is 380 g/mol. The van der Waals surface area contributed by atoms with Crippen molar-refractivity contribution in [2.75, 3.05) is 18.5 Å². The number of anilines is 1. The molecule has 0 aromatic heterocycles. The molecule has 1 amide bonds. The van der Waals surface area contributed by atoms with Gasteiger partial charge in [-0.25, -0.2) is 0 Å². The smallest absolute Gasteiger partial charge is 0.224 e. The predicted molar refractivity (Wildman–Crippen MR) is 109 cm³/mol. The molecule has 2 aromatic rings. The van der Waals surface area contributed by atoms with Gasteiger partial charge >= 0.3 is 0 Å². The molecule has 0 aliphatic carbocycles. The third kappa shape index (κ3) is 3.91. The van der Waals surface area contributed by atoms with Crippen LogP contribution < -0.4 is 10.6 Å². The maximum Gasteiger partial charge on any atom is 0.224 e. The van der Waals surface area contributed by atoms with E-state index in [1.807, 2.05) is 6.07 Å². The number of carbonyl (C=O) groups is 1. The summed E-state index contributed by atoms with van der Waals surface area (Å²) in [7, 11) is 0. The Morgan fingerprint density at radius 1 is 1.32 bits per heavy atom. The van der Waals surface area contributed by atoms with Crippen LogP contribution in [0.4, 0.5) is 5.69 Å².